The number of benzene rings is 1. The van der Waals surface area contributed by atoms with Crippen molar-refractivity contribution < 1.29 is 18.8 Å². The largest absolute Gasteiger partial charge is 0.340 e. The summed E-state index contributed by atoms with van der Waals surface area (Å²) in [4.78, 5) is 44.3. The van der Waals surface area contributed by atoms with Crippen molar-refractivity contribution in [3.63, 3.8) is 0 Å². The molecule has 1 spiro atoms. The molecule has 4 amide bonds. The summed E-state index contributed by atoms with van der Waals surface area (Å²) in [6.07, 6.45) is 3.86. The first kappa shape index (κ1) is 21.7. The lowest BCUT2D eigenvalue weighted by molar-refractivity contribution is -0.138. The monoisotopic (exact) mass is 430 g/mol. The van der Waals surface area contributed by atoms with Crippen LogP contribution in [0.25, 0.3) is 0 Å². The number of hydrogen-bond donors (Lipinski definition) is 1. The van der Waals surface area contributed by atoms with Crippen molar-refractivity contribution in [2.75, 3.05) is 32.7 Å². The molecule has 0 unspecified atom stereocenters. The lowest BCUT2D eigenvalue weighted by Crippen LogP contribution is -2.56. The van der Waals surface area contributed by atoms with E-state index in [1.54, 1.807) is 17.0 Å². The predicted molar refractivity (Wildman–Crippen MR) is 114 cm³/mol. The third-order valence-electron chi connectivity index (χ3n) is 6.80. The number of likely N-dealkylation sites (tertiary alicyclic amines) is 2. The van der Waals surface area contributed by atoms with Gasteiger partial charge in [0.05, 0.1) is 12.5 Å². The first-order chi connectivity index (χ1) is 14.9. The molecule has 1 atom stereocenters. The Kier molecular flexibility index (Phi) is 6.27. The zero-order chi connectivity index (χ0) is 22.0. The summed E-state index contributed by atoms with van der Waals surface area (Å²) in [5.74, 6) is -0.612. The number of halogens is 1. The third-order valence-corrected chi connectivity index (χ3v) is 6.80. The zero-order valence-electron chi connectivity index (χ0n) is 18.1. The maximum Gasteiger partial charge on any atom is 0.325 e. The van der Waals surface area contributed by atoms with E-state index in [4.69, 9.17) is 0 Å². The van der Waals surface area contributed by atoms with Gasteiger partial charge in [-0.3, -0.25) is 14.5 Å². The summed E-state index contributed by atoms with van der Waals surface area (Å²) in [6, 6.07) is 5.39. The fourth-order valence-corrected chi connectivity index (χ4v) is 5.11. The molecule has 0 bridgehead atoms. The van der Waals surface area contributed by atoms with E-state index in [9.17, 15) is 18.8 Å². The first-order valence-electron chi connectivity index (χ1n) is 11.3. The van der Waals surface area contributed by atoms with Gasteiger partial charge in [0.25, 0.3) is 5.91 Å². The second-order valence-electron chi connectivity index (χ2n) is 8.97. The maximum atomic E-state index is 13.4. The topological polar surface area (TPSA) is 73.0 Å². The lowest BCUT2D eigenvalue weighted by atomic mass is 9.87. The van der Waals surface area contributed by atoms with Gasteiger partial charge < -0.3 is 15.1 Å². The average Bonchev–Trinajstić information content (AvgIpc) is 2.99. The minimum absolute atomic E-state index is 0.107. The van der Waals surface area contributed by atoms with E-state index in [-0.39, 0.29) is 36.1 Å². The predicted octanol–water partition coefficient (Wildman–Crippen LogP) is 2.16. The number of carbonyl (C=O) groups excluding carboxylic acids is 3. The lowest BCUT2D eigenvalue weighted by Gasteiger charge is -2.39. The van der Waals surface area contributed by atoms with Crippen LogP contribution in [0.4, 0.5) is 9.18 Å². The SMILES string of the molecule is CCCN1CCC2(CC1)NC(=O)N([C@H]1CCCN(C(=O)Cc3cccc(F)c3)C1)C2=O. The molecule has 1 aromatic carbocycles. The number of piperidine rings is 2. The van der Waals surface area contributed by atoms with Crippen molar-refractivity contribution in [2.24, 2.45) is 0 Å². The minimum Gasteiger partial charge on any atom is -0.340 e. The molecule has 3 saturated heterocycles. The van der Waals surface area contributed by atoms with E-state index in [0.29, 0.717) is 37.9 Å². The molecule has 1 N–H and O–H groups in total. The zero-order valence-corrected chi connectivity index (χ0v) is 18.1. The summed E-state index contributed by atoms with van der Waals surface area (Å²) in [7, 11) is 0. The quantitative estimate of drug-likeness (QED) is 0.727. The number of hydrogen-bond acceptors (Lipinski definition) is 4. The van der Waals surface area contributed by atoms with Gasteiger partial charge in [-0.05, 0) is 56.3 Å². The number of rotatable bonds is 5. The number of amides is 4. The normalized spacial score (nSPS) is 24.0. The molecule has 3 heterocycles. The molecule has 4 rings (SSSR count). The van der Waals surface area contributed by atoms with Crippen LogP contribution < -0.4 is 5.32 Å². The molecule has 31 heavy (non-hydrogen) atoms. The van der Waals surface area contributed by atoms with Crippen molar-refractivity contribution in [2.45, 2.75) is 57.0 Å². The highest BCUT2D eigenvalue weighted by Gasteiger charge is 2.54. The molecule has 0 radical (unpaired) electrons. The minimum atomic E-state index is -0.796. The molecule has 1 aromatic rings. The second-order valence-corrected chi connectivity index (χ2v) is 8.97. The van der Waals surface area contributed by atoms with Gasteiger partial charge in [0.15, 0.2) is 0 Å². The third kappa shape index (κ3) is 4.44. The summed E-state index contributed by atoms with van der Waals surface area (Å²) in [5.41, 5.74) is -0.172. The van der Waals surface area contributed by atoms with Crippen molar-refractivity contribution in [1.29, 1.82) is 0 Å². The Morgan fingerprint density at radius 3 is 2.71 bits per heavy atom. The maximum absolute atomic E-state index is 13.4. The average molecular weight is 431 g/mol. The van der Waals surface area contributed by atoms with Crippen molar-refractivity contribution in [3.05, 3.63) is 35.6 Å². The first-order valence-corrected chi connectivity index (χ1v) is 11.3. The van der Waals surface area contributed by atoms with Gasteiger partial charge in [-0.1, -0.05) is 19.1 Å². The Hall–Kier alpha value is -2.48. The second kappa shape index (κ2) is 8.94. The van der Waals surface area contributed by atoms with Crippen LogP contribution in [0.15, 0.2) is 24.3 Å². The van der Waals surface area contributed by atoms with Crippen molar-refractivity contribution >= 4 is 17.8 Å². The fraction of sp³-hybridized carbons (Fsp3) is 0.609. The fourth-order valence-electron chi connectivity index (χ4n) is 5.11. The number of nitrogens with zero attached hydrogens (tertiary/aromatic N) is 3. The van der Waals surface area contributed by atoms with Crippen LogP contribution in [-0.2, 0) is 16.0 Å². The van der Waals surface area contributed by atoms with Crippen LogP contribution in [0.3, 0.4) is 0 Å². The number of carbonyl (C=O) groups is 3. The Morgan fingerprint density at radius 1 is 1.23 bits per heavy atom. The van der Waals surface area contributed by atoms with Crippen LogP contribution in [0, 0.1) is 5.82 Å². The molecule has 0 saturated carbocycles. The van der Waals surface area contributed by atoms with E-state index in [1.807, 2.05) is 0 Å². The van der Waals surface area contributed by atoms with Crippen molar-refractivity contribution in [3.8, 4) is 0 Å². The summed E-state index contributed by atoms with van der Waals surface area (Å²) >= 11 is 0. The molecule has 0 aliphatic carbocycles. The van der Waals surface area contributed by atoms with Gasteiger partial charge in [0, 0.05) is 26.2 Å². The summed E-state index contributed by atoms with van der Waals surface area (Å²) in [6.45, 7) is 5.68. The highest BCUT2D eigenvalue weighted by molar-refractivity contribution is 6.07. The van der Waals surface area contributed by atoms with Crippen LogP contribution >= 0.6 is 0 Å². The molecule has 0 aromatic heterocycles. The molecule has 7 nitrogen and oxygen atoms in total. The van der Waals surface area contributed by atoms with Crippen LogP contribution in [0.2, 0.25) is 0 Å². The smallest absolute Gasteiger partial charge is 0.325 e. The molecule has 3 fully saturated rings. The van der Waals surface area contributed by atoms with E-state index >= 15 is 0 Å². The molecular weight excluding hydrogens is 399 g/mol. The summed E-state index contributed by atoms with van der Waals surface area (Å²) < 4.78 is 13.4. The number of urea groups is 1. The Morgan fingerprint density at radius 2 is 2.00 bits per heavy atom. The van der Waals surface area contributed by atoms with Gasteiger partial charge >= 0.3 is 6.03 Å². The van der Waals surface area contributed by atoms with E-state index < -0.39 is 5.54 Å². The highest BCUT2D eigenvalue weighted by Crippen LogP contribution is 2.32. The van der Waals surface area contributed by atoms with E-state index in [0.717, 1.165) is 32.5 Å². The van der Waals surface area contributed by atoms with Gasteiger partial charge in [-0.2, -0.15) is 0 Å². The van der Waals surface area contributed by atoms with Crippen LogP contribution in [0.1, 0.15) is 44.6 Å². The van der Waals surface area contributed by atoms with Crippen LogP contribution in [-0.4, -0.2) is 76.8 Å². The highest BCUT2D eigenvalue weighted by atomic mass is 19.1. The van der Waals surface area contributed by atoms with E-state index in [2.05, 4.69) is 17.1 Å². The number of nitrogens with one attached hydrogen (secondary N) is 1. The summed E-state index contributed by atoms with van der Waals surface area (Å²) in [5, 5.41) is 2.98. The molecule has 8 heteroatoms. The molecular formula is C23H31FN4O3. The molecule has 3 aliphatic heterocycles. The van der Waals surface area contributed by atoms with Gasteiger partial charge in [0.2, 0.25) is 5.91 Å². The van der Waals surface area contributed by atoms with Gasteiger partial charge in [-0.15, -0.1) is 0 Å². The number of imide groups is 1. The van der Waals surface area contributed by atoms with Gasteiger partial charge in [0.1, 0.15) is 11.4 Å². The van der Waals surface area contributed by atoms with Gasteiger partial charge in [-0.25, -0.2) is 9.18 Å². The standard InChI is InChI=1S/C23H31FN4O3/c1-2-10-26-12-8-23(9-13-26)21(30)28(22(31)25-23)19-7-4-11-27(16-19)20(29)15-17-5-3-6-18(24)14-17/h3,5-6,14,19H,2,4,7-13,15-16H2,1H3,(H,25,31)/t19-/m0/s1. The Bertz CT molecular complexity index is 853. The Balaban J connectivity index is 1.40. The van der Waals surface area contributed by atoms with E-state index in [1.165, 1.54) is 17.0 Å². The van der Waals surface area contributed by atoms with Crippen LogP contribution in [0.5, 0.6) is 0 Å². The molecule has 3 aliphatic rings. The Labute approximate surface area is 182 Å². The van der Waals surface area contributed by atoms with Crippen molar-refractivity contribution in [1.82, 2.24) is 20.0 Å². The molecule has 168 valence electrons.